The number of imidazole rings is 1. The molecule has 26 heavy (non-hydrogen) atoms. The van der Waals surface area contributed by atoms with Crippen LogP contribution in [0.5, 0.6) is 0 Å². The highest BCUT2D eigenvalue weighted by atomic mass is 127. The molecule has 0 aliphatic rings. The maximum absolute atomic E-state index is 6.28. The van der Waals surface area contributed by atoms with Crippen molar-refractivity contribution < 1.29 is 0 Å². The lowest BCUT2D eigenvalue weighted by atomic mass is 10.1. The zero-order valence-electron chi connectivity index (χ0n) is 15.5. The summed E-state index contributed by atoms with van der Waals surface area (Å²) >= 11 is 12.2. The molecule has 144 valence electrons. The second kappa shape index (κ2) is 11.0. The summed E-state index contributed by atoms with van der Waals surface area (Å²) in [5.74, 6) is 2.24. The zero-order valence-corrected chi connectivity index (χ0v) is 19.3. The highest BCUT2D eigenvalue weighted by Crippen LogP contribution is 2.25. The lowest BCUT2D eigenvalue weighted by Crippen LogP contribution is -2.38. The lowest BCUT2D eigenvalue weighted by Gasteiger charge is -2.19. The molecule has 0 bridgehead atoms. The van der Waals surface area contributed by atoms with E-state index in [1.807, 2.05) is 31.5 Å². The van der Waals surface area contributed by atoms with Crippen molar-refractivity contribution in [3.8, 4) is 0 Å². The normalized spacial score (nSPS) is 12.7. The molecule has 2 rings (SSSR count). The Hall–Kier alpha value is -0.990. The van der Waals surface area contributed by atoms with E-state index in [2.05, 4.69) is 39.0 Å². The quantitative estimate of drug-likeness (QED) is 0.331. The van der Waals surface area contributed by atoms with Crippen LogP contribution >= 0.6 is 47.2 Å². The van der Waals surface area contributed by atoms with Crippen LogP contribution in [0.3, 0.4) is 0 Å². The molecule has 0 aliphatic carbocycles. The molecule has 0 radical (unpaired) electrons. The first kappa shape index (κ1) is 23.0. The van der Waals surface area contributed by atoms with Gasteiger partial charge in [0, 0.05) is 36.0 Å². The maximum atomic E-state index is 6.28. The van der Waals surface area contributed by atoms with E-state index in [0.29, 0.717) is 28.5 Å². The number of hydrogen-bond acceptors (Lipinski definition) is 2. The van der Waals surface area contributed by atoms with E-state index in [-0.39, 0.29) is 30.0 Å². The van der Waals surface area contributed by atoms with Crippen LogP contribution in [0.1, 0.15) is 38.2 Å². The Morgan fingerprint density at radius 3 is 2.62 bits per heavy atom. The zero-order chi connectivity index (χ0) is 18.4. The second-order valence-corrected chi connectivity index (χ2v) is 7.19. The number of benzene rings is 1. The number of nitrogens with one attached hydrogen (secondary N) is 2. The average molecular weight is 510 g/mol. The molecule has 1 heterocycles. The van der Waals surface area contributed by atoms with Crippen LogP contribution in [0.25, 0.3) is 0 Å². The van der Waals surface area contributed by atoms with Crippen molar-refractivity contribution in [3.05, 3.63) is 52.0 Å². The summed E-state index contributed by atoms with van der Waals surface area (Å²) in [6.45, 7) is 7.95. The molecule has 0 saturated carbocycles. The minimum atomic E-state index is -0.00799. The van der Waals surface area contributed by atoms with Crippen LogP contribution in [0.15, 0.2) is 35.6 Å². The molecule has 0 amide bonds. The Balaban J connectivity index is 0.00000338. The van der Waals surface area contributed by atoms with E-state index in [0.717, 1.165) is 17.9 Å². The minimum Gasteiger partial charge on any atom is -0.350 e. The van der Waals surface area contributed by atoms with Gasteiger partial charge >= 0.3 is 0 Å². The summed E-state index contributed by atoms with van der Waals surface area (Å²) in [6, 6.07) is 5.49. The topological polar surface area (TPSA) is 54.2 Å². The Morgan fingerprint density at radius 2 is 2.00 bits per heavy atom. The number of rotatable bonds is 6. The van der Waals surface area contributed by atoms with Gasteiger partial charge in [-0.1, -0.05) is 43.1 Å². The van der Waals surface area contributed by atoms with E-state index >= 15 is 0 Å². The molecule has 1 aromatic heterocycles. The minimum absolute atomic E-state index is 0. The van der Waals surface area contributed by atoms with Crippen molar-refractivity contribution in [3.63, 3.8) is 0 Å². The molecule has 0 spiro atoms. The van der Waals surface area contributed by atoms with E-state index in [4.69, 9.17) is 23.2 Å². The molecular formula is C18H26Cl2IN5. The van der Waals surface area contributed by atoms with Crippen LogP contribution in [0.4, 0.5) is 0 Å². The van der Waals surface area contributed by atoms with E-state index in [9.17, 15) is 0 Å². The largest absolute Gasteiger partial charge is 0.350 e. The first-order chi connectivity index (χ1) is 11.9. The molecule has 2 aromatic rings. The average Bonchev–Trinajstić information content (AvgIpc) is 2.97. The Kier molecular flexibility index (Phi) is 9.74. The van der Waals surface area contributed by atoms with Gasteiger partial charge in [-0.15, -0.1) is 24.0 Å². The van der Waals surface area contributed by atoms with Gasteiger partial charge in [-0.25, -0.2) is 4.98 Å². The van der Waals surface area contributed by atoms with Gasteiger partial charge in [-0.2, -0.15) is 0 Å². The summed E-state index contributed by atoms with van der Waals surface area (Å²) in [4.78, 5) is 8.70. The van der Waals surface area contributed by atoms with E-state index in [1.165, 1.54) is 0 Å². The van der Waals surface area contributed by atoms with Crippen molar-refractivity contribution in [1.29, 1.82) is 0 Å². The highest BCUT2D eigenvalue weighted by Gasteiger charge is 2.12. The number of aliphatic imine (C=N–C) groups is 1. The summed E-state index contributed by atoms with van der Waals surface area (Å²) in [5.41, 5.74) is 0.968. The third kappa shape index (κ3) is 6.63. The van der Waals surface area contributed by atoms with Gasteiger partial charge < -0.3 is 15.2 Å². The van der Waals surface area contributed by atoms with E-state index in [1.54, 1.807) is 13.1 Å². The highest BCUT2D eigenvalue weighted by molar-refractivity contribution is 14.0. The first-order valence-electron chi connectivity index (χ1n) is 8.32. The molecule has 1 aromatic carbocycles. The van der Waals surface area contributed by atoms with Gasteiger partial charge in [0.2, 0.25) is 0 Å². The molecular weight excluding hydrogens is 484 g/mol. The van der Waals surface area contributed by atoms with Crippen LogP contribution in [0.2, 0.25) is 10.0 Å². The predicted octanol–water partition coefficient (Wildman–Crippen LogP) is 4.89. The molecule has 5 nitrogen and oxygen atoms in total. The van der Waals surface area contributed by atoms with Crippen LogP contribution < -0.4 is 10.6 Å². The van der Waals surface area contributed by atoms with Gasteiger partial charge in [0.25, 0.3) is 0 Å². The molecule has 2 N–H and O–H groups in total. The van der Waals surface area contributed by atoms with Crippen molar-refractivity contribution >= 4 is 53.1 Å². The van der Waals surface area contributed by atoms with Crippen LogP contribution in [-0.4, -0.2) is 22.6 Å². The smallest absolute Gasteiger partial charge is 0.191 e. The molecule has 0 aliphatic heterocycles. The standard InChI is InChI=1S/C18H25Cl2N5.HI/c1-12(2)11-25-8-7-22-17(25)10-23-18(21-4)24-13(3)15-6-5-14(19)9-16(15)20;/h5-9,12-13H,10-11H2,1-4H3,(H2,21,23,24);1H. The fourth-order valence-corrected chi connectivity index (χ4v) is 3.13. The molecule has 8 heteroatoms. The van der Waals surface area contributed by atoms with E-state index < -0.39 is 0 Å². The summed E-state index contributed by atoms with van der Waals surface area (Å²) < 4.78 is 2.16. The Morgan fingerprint density at radius 1 is 1.27 bits per heavy atom. The van der Waals surface area contributed by atoms with Gasteiger partial charge in [0.15, 0.2) is 5.96 Å². The maximum Gasteiger partial charge on any atom is 0.191 e. The number of hydrogen-bond donors (Lipinski definition) is 2. The fourth-order valence-electron chi connectivity index (χ4n) is 2.56. The molecule has 1 unspecified atom stereocenters. The Bertz CT molecular complexity index is 730. The van der Waals surface area contributed by atoms with Gasteiger partial charge in [0.05, 0.1) is 12.6 Å². The third-order valence-electron chi connectivity index (χ3n) is 3.78. The van der Waals surface area contributed by atoms with Crippen molar-refractivity contribution in [2.24, 2.45) is 10.9 Å². The SMILES string of the molecule is CN=C(NCc1nccn1CC(C)C)NC(C)c1ccc(Cl)cc1Cl.I. The van der Waals surface area contributed by atoms with Crippen molar-refractivity contribution in [2.45, 2.75) is 39.9 Å². The molecule has 0 fully saturated rings. The summed E-state index contributed by atoms with van der Waals surface area (Å²) in [5, 5.41) is 7.90. The summed E-state index contributed by atoms with van der Waals surface area (Å²) in [6.07, 6.45) is 3.83. The van der Waals surface area contributed by atoms with Gasteiger partial charge in [0.1, 0.15) is 5.82 Å². The van der Waals surface area contributed by atoms with Crippen molar-refractivity contribution in [1.82, 2.24) is 20.2 Å². The number of guanidine groups is 1. The second-order valence-electron chi connectivity index (χ2n) is 6.35. The number of halogens is 3. The molecule has 0 saturated heterocycles. The molecule has 1 atom stereocenters. The number of nitrogens with zero attached hydrogens (tertiary/aromatic N) is 3. The summed E-state index contributed by atoms with van der Waals surface area (Å²) in [7, 11) is 1.74. The Labute approximate surface area is 182 Å². The van der Waals surface area contributed by atoms with Gasteiger partial charge in [-0.05, 0) is 30.5 Å². The van der Waals surface area contributed by atoms with Crippen LogP contribution in [-0.2, 0) is 13.1 Å². The predicted molar refractivity (Wildman–Crippen MR) is 121 cm³/mol. The first-order valence-corrected chi connectivity index (χ1v) is 9.08. The van der Waals surface area contributed by atoms with Crippen LogP contribution in [0, 0.1) is 5.92 Å². The number of aromatic nitrogens is 2. The fraction of sp³-hybridized carbons (Fsp3) is 0.444. The van der Waals surface area contributed by atoms with Gasteiger partial charge in [-0.3, -0.25) is 4.99 Å². The van der Waals surface area contributed by atoms with Crippen molar-refractivity contribution in [2.75, 3.05) is 7.05 Å². The monoisotopic (exact) mass is 509 g/mol. The lowest BCUT2D eigenvalue weighted by molar-refractivity contribution is 0.503. The third-order valence-corrected chi connectivity index (χ3v) is 4.35.